The number of pyridine rings is 1. The molecule has 3 heterocycles. The molecule has 0 amide bonds. The number of aromatic nitrogens is 5. The van der Waals surface area contributed by atoms with Crippen LogP contribution in [0.4, 0.5) is 13.2 Å². The molecular weight excluding hydrogens is 311 g/mol. The van der Waals surface area contributed by atoms with Gasteiger partial charge in [0, 0.05) is 24.0 Å². The Bertz CT molecular complexity index is 837. The fourth-order valence-electron chi connectivity index (χ4n) is 2.20. The van der Waals surface area contributed by atoms with Gasteiger partial charge in [0.25, 0.3) is 0 Å². The first-order valence-electron chi connectivity index (χ1n) is 6.68. The van der Waals surface area contributed by atoms with Crippen molar-refractivity contribution in [2.75, 3.05) is 0 Å². The van der Waals surface area contributed by atoms with Crippen LogP contribution < -0.4 is 4.73 Å². The summed E-state index contributed by atoms with van der Waals surface area (Å²) in [6.45, 7) is 0.581. The number of alkyl halides is 3. The maximum absolute atomic E-state index is 12.4. The molecule has 9 heteroatoms. The van der Waals surface area contributed by atoms with E-state index in [2.05, 4.69) is 10.2 Å². The first-order chi connectivity index (χ1) is 10.8. The van der Waals surface area contributed by atoms with E-state index in [-0.39, 0.29) is 0 Å². The quantitative estimate of drug-likeness (QED) is 0.548. The molecule has 0 radical (unpaired) electrons. The van der Waals surface area contributed by atoms with E-state index in [9.17, 15) is 18.4 Å². The number of nitrogens with zero attached hydrogens (tertiary/aromatic N) is 5. The molecular formula is C14H12F3N5O. The lowest BCUT2D eigenvalue weighted by Crippen LogP contribution is -2.25. The second kappa shape index (κ2) is 5.41. The highest BCUT2D eigenvalue weighted by atomic mass is 19.4. The summed E-state index contributed by atoms with van der Waals surface area (Å²) in [6, 6.07) is 4.78. The van der Waals surface area contributed by atoms with Gasteiger partial charge in [-0.3, -0.25) is 4.68 Å². The van der Waals surface area contributed by atoms with Gasteiger partial charge in [-0.25, -0.2) is 4.68 Å². The summed E-state index contributed by atoms with van der Waals surface area (Å²) in [5.41, 5.74) is 2.14. The van der Waals surface area contributed by atoms with Crippen LogP contribution in [0.5, 0.6) is 0 Å². The predicted octanol–water partition coefficient (Wildman–Crippen LogP) is 2.24. The van der Waals surface area contributed by atoms with Crippen LogP contribution in [0.1, 0.15) is 5.69 Å². The van der Waals surface area contributed by atoms with E-state index in [1.807, 2.05) is 0 Å². The van der Waals surface area contributed by atoms with Crippen molar-refractivity contribution in [2.45, 2.75) is 19.6 Å². The van der Waals surface area contributed by atoms with E-state index >= 15 is 0 Å². The number of aryl methyl sites for hydroxylation is 1. The Labute approximate surface area is 129 Å². The van der Waals surface area contributed by atoms with Crippen LogP contribution in [-0.2, 0) is 6.54 Å². The first-order valence-corrected chi connectivity index (χ1v) is 6.68. The third-order valence-electron chi connectivity index (χ3n) is 3.18. The zero-order valence-corrected chi connectivity index (χ0v) is 12.0. The van der Waals surface area contributed by atoms with E-state index < -0.39 is 12.7 Å². The molecule has 0 spiro atoms. The second-order valence-electron chi connectivity index (χ2n) is 5.01. The third-order valence-corrected chi connectivity index (χ3v) is 3.18. The number of hydrogen-bond donors (Lipinski definition) is 0. The third kappa shape index (κ3) is 3.33. The minimum absolute atomic E-state index is 0.393. The molecule has 0 unspecified atom stereocenters. The highest BCUT2D eigenvalue weighted by molar-refractivity contribution is 5.61. The van der Waals surface area contributed by atoms with Gasteiger partial charge in [-0.1, -0.05) is 0 Å². The molecule has 23 heavy (non-hydrogen) atoms. The smallest absolute Gasteiger partial charge is 0.408 e. The molecule has 0 aliphatic rings. The molecule has 6 nitrogen and oxygen atoms in total. The topological polar surface area (TPSA) is 62.6 Å². The van der Waals surface area contributed by atoms with Crippen molar-refractivity contribution in [3.05, 3.63) is 53.9 Å². The Morgan fingerprint density at radius 1 is 1.26 bits per heavy atom. The van der Waals surface area contributed by atoms with E-state index in [0.29, 0.717) is 27.4 Å². The molecule has 0 saturated carbocycles. The molecule has 0 aromatic carbocycles. The largest absolute Gasteiger partial charge is 0.619 e. The van der Waals surface area contributed by atoms with Crippen LogP contribution in [0.2, 0.25) is 0 Å². The van der Waals surface area contributed by atoms with Crippen LogP contribution in [0, 0.1) is 12.1 Å². The molecule has 3 aromatic heterocycles. The lowest BCUT2D eigenvalue weighted by Gasteiger charge is -2.05. The van der Waals surface area contributed by atoms with Crippen LogP contribution >= 0.6 is 0 Å². The maximum Gasteiger partial charge on any atom is 0.408 e. The second-order valence-corrected chi connectivity index (χ2v) is 5.01. The van der Waals surface area contributed by atoms with Crippen molar-refractivity contribution in [3.8, 4) is 16.9 Å². The average Bonchev–Trinajstić information content (AvgIpc) is 3.03. The number of hydrogen-bond acceptors (Lipinski definition) is 3. The molecule has 3 aromatic rings. The summed E-state index contributed by atoms with van der Waals surface area (Å²) in [5, 5.41) is 19.5. The molecule has 0 aliphatic carbocycles. The van der Waals surface area contributed by atoms with Crippen molar-refractivity contribution >= 4 is 0 Å². The molecule has 0 atom stereocenters. The minimum Gasteiger partial charge on any atom is -0.619 e. The van der Waals surface area contributed by atoms with Crippen LogP contribution in [-0.4, -0.2) is 25.7 Å². The summed E-state index contributed by atoms with van der Waals surface area (Å²) in [7, 11) is 0. The van der Waals surface area contributed by atoms with Crippen LogP contribution in [0.25, 0.3) is 16.9 Å². The molecule has 120 valence electrons. The summed E-state index contributed by atoms with van der Waals surface area (Å²) >= 11 is 0. The van der Waals surface area contributed by atoms with E-state index in [0.717, 1.165) is 4.68 Å². The van der Waals surface area contributed by atoms with E-state index in [1.165, 1.54) is 29.3 Å². The Balaban J connectivity index is 1.92. The van der Waals surface area contributed by atoms with Gasteiger partial charge >= 0.3 is 6.18 Å². The fourth-order valence-corrected chi connectivity index (χ4v) is 2.20. The Morgan fingerprint density at radius 3 is 2.74 bits per heavy atom. The van der Waals surface area contributed by atoms with Gasteiger partial charge in [0.05, 0.1) is 11.4 Å². The lowest BCUT2D eigenvalue weighted by atomic mass is 10.2. The Kier molecular flexibility index (Phi) is 3.55. The van der Waals surface area contributed by atoms with Gasteiger partial charge in [0.1, 0.15) is 12.2 Å². The highest BCUT2D eigenvalue weighted by Gasteiger charge is 2.28. The van der Waals surface area contributed by atoms with E-state index in [1.54, 1.807) is 25.3 Å². The number of halogens is 3. The predicted molar refractivity (Wildman–Crippen MR) is 74.5 cm³/mol. The molecule has 0 saturated heterocycles. The van der Waals surface area contributed by atoms with Crippen molar-refractivity contribution in [1.29, 1.82) is 0 Å². The van der Waals surface area contributed by atoms with Crippen molar-refractivity contribution in [2.24, 2.45) is 0 Å². The van der Waals surface area contributed by atoms with Crippen molar-refractivity contribution < 1.29 is 17.9 Å². The van der Waals surface area contributed by atoms with Gasteiger partial charge < -0.3 is 5.21 Å². The lowest BCUT2D eigenvalue weighted by molar-refractivity contribution is -0.605. The normalized spacial score (nSPS) is 11.8. The van der Waals surface area contributed by atoms with Gasteiger partial charge in [0.15, 0.2) is 6.20 Å². The monoisotopic (exact) mass is 323 g/mol. The molecule has 3 rings (SSSR count). The summed E-state index contributed by atoms with van der Waals surface area (Å²) in [6.07, 6.45) is 1.27. The van der Waals surface area contributed by atoms with Crippen LogP contribution in [0.15, 0.2) is 43.0 Å². The van der Waals surface area contributed by atoms with E-state index in [4.69, 9.17) is 0 Å². The van der Waals surface area contributed by atoms with Gasteiger partial charge in [-0.2, -0.15) is 28.1 Å². The standard InChI is InChI=1S/C14H12F3N5O/c1-10-12(13-4-6-20(19-13)9-14(15,16)17)8-22(18-10)11-3-2-5-21(23)7-11/h2-8H,9H2,1H3. The molecule has 0 N–H and O–H groups in total. The summed E-state index contributed by atoms with van der Waals surface area (Å²) in [4.78, 5) is 0. The summed E-state index contributed by atoms with van der Waals surface area (Å²) < 4.78 is 40.1. The zero-order valence-electron chi connectivity index (χ0n) is 12.0. The van der Waals surface area contributed by atoms with Crippen molar-refractivity contribution in [1.82, 2.24) is 19.6 Å². The molecule has 0 fully saturated rings. The fraction of sp³-hybridized carbons (Fsp3) is 0.214. The van der Waals surface area contributed by atoms with Gasteiger partial charge in [0.2, 0.25) is 6.20 Å². The highest BCUT2D eigenvalue weighted by Crippen LogP contribution is 2.23. The molecule has 0 aliphatic heterocycles. The average molecular weight is 323 g/mol. The van der Waals surface area contributed by atoms with Crippen molar-refractivity contribution in [3.63, 3.8) is 0 Å². The number of rotatable bonds is 3. The molecule has 0 bridgehead atoms. The minimum atomic E-state index is -4.33. The Hall–Kier alpha value is -2.84. The first kappa shape index (κ1) is 15.1. The van der Waals surface area contributed by atoms with Crippen LogP contribution in [0.3, 0.4) is 0 Å². The zero-order chi connectivity index (χ0) is 16.6. The Morgan fingerprint density at radius 2 is 2.04 bits per heavy atom. The van der Waals surface area contributed by atoms with Gasteiger partial charge in [-0.15, -0.1) is 0 Å². The summed E-state index contributed by atoms with van der Waals surface area (Å²) in [5.74, 6) is 0. The SMILES string of the molecule is Cc1nn(-c2ccc[n+]([O-])c2)cc1-c1ccn(CC(F)(F)F)n1. The van der Waals surface area contributed by atoms with Gasteiger partial charge in [-0.05, 0) is 19.1 Å². The maximum atomic E-state index is 12.4.